The van der Waals surface area contributed by atoms with Gasteiger partial charge in [-0.3, -0.25) is 0 Å². The first-order valence-corrected chi connectivity index (χ1v) is 7.21. The molecule has 20 heavy (non-hydrogen) atoms. The third-order valence-corrected chi connectivity index (χ3v) is 4.14. The van der Waals surface area contributed by atoms with Crippen LogP contribution in [0.4, 0.5) is 4.39 Å². The first-order valence-electron chi connectivity index (χ1n) is 6.04. The second kappa shape index (κ2) is 6.57. The molecule has 0 heterocycles. The molecule has 0 saturated heterocycles. The molecule has 5 heteroatoms. The monoisotopic (exact) mass is 357 g/mol. The van der Waals surface area contributed by atoms with Crippen LogP contribution >= 0.6 is 27.5 Å². The number of rotatable bonds is 4. The quantitative estimate of drug-likeness (QED) is 0.874. The van der Waals surface area contributed by atoms with Gasteiger partial charge in [0.05, 0.1) is 7.11 Å². The Morgan fingerprint density at radius 3 is 2.75 bits per heavy atom. The van der Waals surface area contributed by atoms with Crippen molar-refractivity contribution < 1.29 is 9.13 Å². The molecule has 2 aromatic carbocycles. The van der Waals surface area contributed by atoms with Gasteiger partial charge in [-0.05, 0) is 53.9 Å². The Kier molecular flexibility index (Phi) is 5.02. The molecule has 0 radical (unpaired) electrons. The summed E-state index contributed by atoms with van der Waals surface area (Å²) in [6.45, 7) is 0. The molecule has 0 aromatic heterocycles. The van der Waals surface area contributed by atoms with Crippen LogP contribution < -0.4 is 10.5 Å². The van der Waals surface area contributed by atoms with Crippen LogP contribution in [-0.2, 0) is 6.42 Å². The SMILES string of the molecule is COc1ccc(Br)c(C(N)Cc2cc(F)ccc2Cl)c1. The molecule has 1 unspecified atom stereocenters. The number of methoxy groups -OCH3 is 1. The Balaban J connectivity index is 2.27. The van der Waals surface area contributed by atoms with Crippen molar-refractivity contribution in [1.29, 1.82) is 0 Å². The zero-order chi connectivity index (χ0) is 14.7. The fourth-order valence-corrected chi connectivity index (χ4v) is 2.71. The van der Waals surface area contributed by atoms with Gasteiger partial charge in [0, 0.05) is 15.5 Å². The summed E-state index contributed by atoms with van der Waals surface area (Å²) in [4.78, 5) is 0. The summed E-state index contributed by atoms with van der Waals surface area (Å²) in [5, 5.41) is 0.515. The molecule has 0 saturated carbocycles. The maximum Gasteiger partial charge on any atom is 0.123 e. The third-order valence-electron chi connectivity index (χ3n) is 3.05. The summed E-state index contributed by atoms with van der Waals surface area (Å²) >= 11 is 9.53. The molecule has 0 spiro atoms. The van der Waals surface area contributed by atoms with E-state index in [9.17, 15) is 4.39 Å². The molecule has 106 valence electrons. The van der Waals surface area contributed by atoms with Crippen LogP contribution in [0, 0.1) is 5.82 Å². The van der Waals surface area contributed by atoms with Crippen LogP contribution in [0.15, 0.2) is 40.9 Å². The molecule has 2 rings (SSSR count). The zero-order valence-electron chi connectivity index (χ0n) is 10.9. The van der Waals surface area contributed by atoms with Gasteiger partial charge in [-0.25, -0.2) is 4.39 Å². The molecular formula is C15H14BrClFNO. The number of benzene rings is 2. The predicted octanol–water partition coefficient (Wildman–Crippen LogP) is 4.49. The summed E-state index contributed by atoms with van der Waals surface area (Å²) in [6.07, 6.45) is 0.447. The van der Waals surface area contributed by atoms with Crippen LogP contribution in [0.25, 0.3) is 0 Å². The first-order chi connectivity index (χ1) is 9.51. The summed E-state index contributed by atoms with van der Waals surface area (Å²) in [6, 6.07) is 9.56. The number of hydrogen-bond donors (Lipinski definition) is 1. The molecule has 2 N–H and O–H groups in total. The van der Waals surface area contributed by atoms with E-state index >= 15 is 0 Å². The predicted molar refractivity (Wildman–Crippen MR) is 82.7 cm³/mol. The van der Waals surface area contributed by atoms with Gasteiger partial charge in [0.1, 0.15) is 11.6 Å². The van der Waals surface area contributed by atoms with Crippen LogP contribution in [0.5, 0.6) is 5.75 Å². The summed E-state index contributed by atoms with van der Waals surface area (Å²) in [5.74, 6) is 0.408. The van der Waals surface area contributed by atoms with E-state index in [1.807, 2.05) is 18.2 Å². The summed E-state index contributed by atoms with van der Waals surface area (Å²) in [5.41, 5.74) is 7.79. The molecule has 0 aliphatic heterocycles. The van der Waals surface area contributed by atoms with Crippen molar-refractivity contribution >= 4 is 27.5 Å². The van der Waals surface area contributed by atoms with Crippen molar-refractivity contribution in [3.8, 4) is 5.75 Å². The van der Waals surface area contributed by atoms with Gasteiger partial charge in [0.2, 0.25) is 0 Å². The Morgan fingerprint density at radius 1 is 1.30 bits per heavy atom. The van der Waals surface area contributed by atoms with E-state index in [0.29, 0.717) is 17.0 Å². The van der Waals surface area contributed by atoms with E-state index in [0.717, 1.165) is 15.8 Å². The lowest BCUT2D eigenvalue weighted by molar-refractivity contribution is 0.413. The van der Waals surface area contributed by atoms with Crippen LogP contribution in [-0.4, -0.2) is 7.11 Å². The largest absolute Gasteiger partial charge is 0.497 e. The first kappa shape index (κ1) is 15.3. The lowest BCUT2D eigenvalue weighted by atomic mass is 9.99. The molecular weight excluding hydrogens is 345 g/mol. The van der Waals surface area contributed by atoms with Crippen LogP contribution in [0.2, 0.25) is 5.02 Å². The zero-order valence-corrected chi connectivity index (χ0v) is 13.2. The van der Waals surface area contributed by atoms with Gasteiger partial charge in [0.15, 0.2) is 0 Å². The van der Waals surface area contributed by atoms with Crippen LogP contribution in [0.3, 0.4) is 0 Å². The fraction of sp³-hybridized carbons (Fsp3) is 0.200. The summed E-state index contributed by atoms with van der Waals surface area (Å²) in [7, 11) is 1.60. The second-order valence-corrected chi connectivity index (χ2v) is 5.70. The lowest BCUT2D eigenvalue weighted by Gasteiger charge is -2.16. The van der Waals surface area contributed by atoms with Gasteiger partial charge < -0.3 is 10.5 Å². The number of halogens is 3. The highest BCUT2D eigenvalue weighted by Gasteiger charge is 2.14. The maximum absolute atomic E-state index is 13.3. The van der Waals surface area contributed by atoms with Crippen molar-refractivity contribution in [1.82, 2.24) is 0 Å². The topological polar surface area (TPSA) is 35.2 Å². The van der Waals surface area contributed by atoms with Crippen molar-refractivity contribution in [2.45, 2.75) is 12.5 Å². The third kappa shape index (κ3) is 3.51. The minimum absolute atomic E-state index is 0.307. The van der Waals surface area contributed by atoms with Gasteiger partial charge in [-0.2, -0.15) is 0 Å². The van der Waals surface area contributed by atoms with Gasteiger partial charge >= 0.3 is 0 Å². The Morgan fingerprint density at radius 2 is 2.05 bits per heavy atom. The minimum atomic E-state index is -0.318. The lowest BCUT2D eigenvalue weighted by Crippen LogP contribution is -2.14. The molecule has 0 bridgehead atoms. The van der Waals surface area contributed by atoms with Gasteiger partial charge in [-0.1, -0.05) is 27.5 Å². The highest BCUT2D eigenvalue weighted by atomic mass is 79.9. The Labute approximate surface area is 130 Å². The normalized spacial score (nSPS) is 12.2. The highest BCUT2D eigenvalue weighted by Crippen LogP contribution is 2.30. The number of ether oxygens (including phenoxy) is 1. The van der Waals surface area contributed by atoms with E-state index in [-0.39, 0.29) is 11.9 Å². The Bertz CT molecular complexity index is 621. The minimum Gasteiger partial charge on any atom is -0.497 e. The molecule has 2 nitrogen and oxygen atoms in total. The summed E-state index contributed by atoms with van der Waals surface area (Å²) < 4.78 is 19.3. The van der Waals surface area contributed by atoms with E-state index in [1.165, 1.54) is 12.1 Å². The van der Waals surface area contributed by atoms with Gasteiger partial charge in [-0.15, -0.1) is 0 Å². The maximum atomic E-state index is 13.3. The molecule has 0 amide bonds. The average molecular weight is 359 g/mol. The molecule has 0 fully saturated rings. The van der Waals surface area contributed by atoms with Gasteiger partial charge in [0.25, 0.3) is 0 Å². The van der Waals surface area contributed by atoms with Crippen molar-refractivity contribution in [3.05, 3.63) is 62.8 Å². The number of hydrogen-bond acceptors (Lipinski definition) is 2. The number of nitrogens with two attached hydrogens (primary N) is 1. The fourth-order valence-electron chi connectivity index (χ4n) is 1.98. The molecule has 0 aliphatic carbocycles. The smallest absolute Gasteiger partial charge is 0.123 e. The molecule has 2 aromatic rings. The van der Waals surface area contributed by atoms with E-state index in [2.05, 4.69) is 15.9 Å². The average Bonchev–Trinajstić information content (AvgIpc) is 2.43. The van der Waals surface area contributed by atoms with E-state index in [1.54, 1.807) is 13.2 Å². The van der Waals surface area contributed by atoms with Crippen molar-refractivity contribution in [2.24, 2.45) is 5.73 Å². The molecule has 1 atom stereocenters. The standard InChI is InChI=1S/C15H14BrClFNO/c1-20-11-3-4-13(16)12(8-11)15(19)7-9-6-10(18)2-5-14(9)17/h2-6,8,15H,7,19H2,1H3. The highest BCUT2D eigenvalue weighted by molar-refractivity contribution is 9.10. The molecule has 0 aliphatic rings. The van der Waals surface area contributed by atoms with Crippen molar-refractivity contribution in [3.63, 3.8) is 0 Å². The Hall–Kier alpha value is -1.10. The van der Waals surface area contributed by atoms with E-state index < -0.39 is 0 Å². The van der Waals surface area contributed by atoms with Crippen molar-refractivity contribution in [2.75, 3.05) is 7.11 Å². The van der Waals surface area contributed by atoms with E-state index in [4.69, 9.17) is 22.1 Å². The second-order valence-electron chi connectivity index (χ2n) is 4.43. The van der Waals surface area contributed by atoms with Crippen LogP contribution in [0.1, 0.15) is 17.2 Å².